The second kappa shape index (κ2) is 6.69. The van der Waals surface area contributed by atoms with Crippen molar-refractivity contribution in [2.75, 3.05) is 13.2 Å². The molecule has 8 heteroatoms. The molecule has 1 aromatic heterocycles. The Morgan fingerprint density at radius 3 is 2.74 bits per heavy atom. The molecule has 0 aliphatic carbocycles. The highest BCUT2D eigenvalue weighted by Crippen LogP contribution is 2.28. The van der Waals surface area contributed by atoms with Gasteiger partial charge in [-0.25, -0.2) is 17.9 Å². The van der Waals surface area contributed by atoms with Crippen LogP contribution in [0.15, 0.2) is 27.5 Å². The monoisotopic (exact) mass is 340 g/mol. The number of benzene rings is 1. The van der Waals surface area contributed by atoms with Crippen molar-refractivity contribution in [3.05, 3.63) is 29.5 Å². The van der Waals surface area contributed by atoms with Crippen LogP contribution < -0.4 is 10.5 Å². The highest BCUT2D eigenvalue weighted by Gasteiger charge is 2.22. The molecule has 0 aliphatic rings. The topological polar surface area (TPSA) is 112 Å². The van der Waals surface area contributed by atoms with E-state index in [0.717, 1.165) is 0 Å². The number of fused-ring (bicyclic) bond motifs is 1. The van der Waals surface area contributed by atoms with Crippen LogP contribution >= 0.6 is 0 Å². The van der Waals surface area contributed by atoms with Crippen LogP contribution in [0.5, 0.6) is 0 Å². The number of nitrogens with two attached hydrogens (primary N) is 1. The number of esters is 1. The third-order valence-corrected chi connectivity index (χ3v) is 4.98. The standard InChI is InChI=1S/C15H20N2O5S/c1-4-21-15(18)14-10(3)12-7-11(5-6-13(12)22-14)23(19,20)17-9(2)8-16/h5-7,9,17H,4,8,16H2,1-3H3/t9-/m1/s1. The first-order valence-electron chi connectivity index (χ1n) is 7.22. The average molecular weight is 340 g/mol. The van der Waals surface area contributed by atoms with Crippen LogP contribution in [0.1, 0.15) is 30.0 Å². The number of furan rings is 1. The van der Waals surface area contributed by atoms with Crippen LogP contribution in [0.2, 0.25) is 0 Å². The van der Waals surface area contributed by atoms with Crippen molar-refractivity contribution < 1.29 is 22.4 Å². The Bertz CT molecular complexity index is 826. The molecule has 0 unspecified atom stereocenters. The summed E-state index contributed by atoms with van der Waals surface area (Å²) in [6.07, 6.45) is 0. The van der Waals surface area contributed by atoms with Crippen LogP contribution in [0.4, 0.5) is 0 Å². The third-order valence-electron chi connectivity index (χ3n) is 3.39. The fourth-order valence-electron chi connectivity index (χ4n) is 2.14. The molecule has 0 aliphatic heterocycles. The van der Waals surface area contributed by atoms with Gasteiger partial charge >= 0.3 is 5.97 Å². The molecule has 0 bridgehead atoms. The maximum atomic E-state index is 12.3. The van der Waals surface area contributed by atoms with Crippen LogP contribution in [-0.4, -0.2) is 33.6 Å². The van der Waals surface area contributed by atoms with Crippen molar-refractivity contribution in [3.63, 3.8) is 0 Å². The summed E-state index contributed by atoms with van der Waals surface area (Å²) in [5, 5.41) is 0.552. The van der Waals surface area contributed by atoms with E-state index in [1.54, 1.807) is 20.8 Å². The molecular weight excluding hydrogens is 320 g/mol. The van der Waals surface area contributed by atoms with Gasteiger partial charge in [0.15, 0.2) is 0 Å². The maximum Gasteiger partial charge on any atom is 0.374 e. The Hall–Kier alpha value is -1.90. The molecule has 1 atom stereocenters. The van der Waals surface area contributed by atoms with Gasteiger partial charge in [-0.1, -0.05) is 0 Å². The summed E-state index contributed by atoms with van der Waals surface area (Å²) in [4.78, 5) is 11.9. The smallest absolute Gasteiger partial charge is 0.374 e. The van der Waals surface area contributed by atoms with Crippen LogP contribution in [0.25, 0.3) is 11.0 Å². The summed E-state index contributed by atoms with van der Waals surface area (Å²) < 4.78 is 37.5. The van der Waals surface area contributed by atoms with Crippen molar-refractivity contribution in [1.29, 1.82) is 0 Å². The molecule has 126 valence electrons. The van der Waals surface area contributed by atoms with Crippen LogP contribution in [0, 0.1) is 6.92 Å². The van der Waals surface area contributed by atoms with Gasteiger partial charge < -0.3 is 14.9 Å². The van der Waals surface area contributed by atoms with E-state index in [0.29, 0.717) is 16.5 Å². The lowest BCUT2D eigenvalue weighted by atomic mass is 10.1. The first kappa shape index (κ1) is 17.5. The highest BCUT2D eigenvalue weighted by molar-refractivity contribution is 7.89. The zero-order valence-corrected chi connectivity index (χ0v) is 14.1. The summed E-state index contributed by atoms with van der Waals surface area (Å²) >= 11 is 0. The Labute approximate surface area is 134 Å². The largest absolute Gasteiger partial charge is 0.460 e. The van der Waals surface area contributed by atoms with Gasteiger partial charge in [0.05, 0.1) is 11.5 Å². The number of hydrogen-bond acceptors (Lipinski definition) is 6. The van der Waals surface area contributed by atoms with Gasteiger partial charge in [0.25, 0.3) is 0 Å². The predicted molar refractivity (Wildman–Crippen MR) is 85.7 cm³/mol. The Morgan fingerprint density at radius 1 is 1.43 bits per heavy atom. The number of carbonyl (C=O) groups excluding carboxylic acids is 1. The summed E-state index contributed by atoms with van der Waals surface area (Å²) in [7, 11) is -3.69. The number of carbonyl (C=O) groups is 1. The van der Waals surface area contributed by atoms with E-state index < -0.39 is 16.0 Å². The average Bonchev–Trinajstić information content (AvgIpc) is 2.84. The van der Waals surface area contributed by atoms with E-state index in [9.17, 15) is 13.2 Å². The minimum Gasteiger partial charge on any atom is -0.460 e. The van der Waals surface area contributed by atoms with E-state index in [4.69, 9.17) is 14.9 Å². The third kappa shape index (κ3) is 3.54. The van der Waals surface area contributed by atoms with E-state index in [1.165, 1.54) is 18.2 Å². The number of sulfonamides is 1. The Kier molecular flexibility index (Phi) is 5.08. The SMILES string of the molecule is CCOC(=O)c1oc2ccc(S(=O)(=O)N[C@H](C)CN)cc2c1C. The lowest BCUT2D eigenvalue weighted by Crippen LogP contribution is -2.37. The molecule has 2 aromatic rings. The molecule has 1 aromatic carbocycles. The summed E-state index contributed by atoms with van der Waals surface area (Å²) in [5.74, 6) is -0.486. The first-order valence-corrected chi connectivity index (χ1v) is 8.71. The van der Waals surface area contributed by atoms with Crippen molar-refractivity contribution >= 4 is 27.0 Å². The van der Waals surface area contributed by atoms with E-state index in [2.05, 4.69) is 4.72 Å². The van der Waals surface area contributed by atoms with E-state index in [-0.39, 0.29) is 29.8 Å². The van der Waals surface area contributed by atoms with Gasteiger partial charge in [0.2, 0.25) is 15.8 Å². The molecule has 23 heavy (non-hydrogen) atoms. The molecule has 0 fully saturated rings. The minimum atomic E-state index is -3.69. The number of nitrogens with one attached hydrogen (secondary N) is 1. The minimum absolute atomic E-state index is 0.0830. The molecular formula is C15H20N2O5S. The number of ether oxygens (including phenoxy) is 1. The van der Waals surface area contributed by atoms with Gasteiger partial charge in [-0.2, -0.15) is 0 Å². The lowest BCUT2D eigenvalue weighted by molar-refractivity contribution is 0.0491. The zero-order valence-electron chi connectivity index (χ0n) is 13.3. The fraction of sp³-hybridized carbons (Fsp3) is 0.400. The molecule has 0 amide bonds. The van der Waals surface area contributed by atoms with Crippen LogP contribution in [-0.2, 0) is 14.8 Å². The second-order valence-corrected chi connectivity index (χ2v) is 6.91. The maximum absolute atomic E-state index is 12.3. The van der Waals surface area contributed by atoms with Gasteiger partial charge in [-0.15, -0.1) is 0 Å². The molecule has 3 N–H and O–H groups in total. The summed E-state index contributed by atoms with van der Waals surface area (Å²) in [6.45, 7) is 5.49. The van der Waals surface area contributed by atoms with Crippen molar-refractivity contribution in [3.8, 4) is 0 Å². The molecule has 0 saturated heterocycles. The highest BCUT2D eigenvalue weighted by atomic mass is 32.2. The molecule has 2 rings (SSSR count). The molecule has 0 radical (unpaired) electrons. The quantitative estimate of drug-likeness (QED) is 0.772. The van der Waals surface area contributed by atoms with Crippen molar-refractivity contribution in [1.82, 2.24) is 4.72 Å². The summed E-state index contributed by atoms with van der Waals surface area (Å²) in [6, 6.07) is 4.04. The van der Waals surface area contributed by atoms with Gasteiger partial charge in [0.1, 0.15) is 5.58 Å². The van der Waals surface area contributed by atoms with Crippen molar-refractivity contribution in [2.45, 2.75) is 31.7 Å². The molecule has 0 saturated carbocycles. The van der Waals surface area contributed by atoms with Gasteiger partial charge in [-0.3, -0.25) is 0 Å². The molecule has 0 spiro atoms. The lowest BCUT2D eigenvalue weighted by Gasteiger charge is -2.11. The van der Waals surface area contributed by atoms with Gasteiger partial charge in [-0.05, 0) is 39.0 Å². The normalized spacial score (nSPS) is 13.2. The first-order chi connectivity index (χ1) is 10.8. The molecule has 1 heterocycles. The van der Waals surface area contributed by atoms with Gasteiger partial charge in [0, 0.05) is 23.5 Å². The number of aryl methyl sites for hydroxylation is 1. The van der Waals surface area contributed by atoms with E-state index in [1.807, 2.05) is 0 Å². The number of hydrogen-bond donors (Lipinski definition) is 2. The predicted octanol–water partition coefficient (Wildman–Crippen LogP) is 1.54. The molecule has 7 nitrogen and oxygen atoms in total. The Morgan fingerprint density at radius 2 is 2.13 bits per heavy atom. The second-order valence-electron chi connectivity index (χ2n) is 5.19. The van der Waals surface area contributed by atoms with Crippen molar-refractivity contribution in [2.24, 2.45) is 5.73 Å². The Balaban J connectivity index is 2.47. The number of rotatable bonds is 6. The van der Waals surface area contributed by atoms with E-state index >= 15 is 0 Å². The van der Waals surface area contributed by atoms with Crippen LogP contribution in [0.3, 0.4) is 0 Å². The fourth-order valence-corrected chi connectivity index (χ4v) is 3.42. The summed E-state index contributed by atoms with van der Waals surface area (Å²) in [5.41, 5.74) is 6.41. The zero-order chi connectivity index (χ0) is 17.2.